The van der Waals surface area contributed by atoms with Crippen LogP contribution in [0.5, 0.6) is 0 Å². The molecule has 1 aliphatic heterocycles. The minimum Gasteiger partial charge on any atom is -0.346 e. The van der Waals surface area contributed by atoms with Gasteiger partial charge in [-0.2, -0.15) is 0 Å². The quantitative estimate of drug-likeness (QED) is 0.794. The molecule has 1 aliphatic rings. The highest BCUT2D eigenvalue weighted by Crippen LogP contribution is 2.18. The number of nitrogens with zero attached hydrogens (tertiary/aromatic N) is 1. The summed E-state index contributed by atoms with van der Waals surface area (Å²) < 4.78 is 0. The SMILES string of the molecule is Cc1ccc(C(C)NC(=O)c2ccc(CN3CCCCCC3)cc2)cc1C. The second-order valence-corrected chi connectivity index (χ2v) is 7.93. The van der Waals surface area contributed by atoms with Crippen molar-refractivity contribution in [1.29, 1.82) is 0 Å². The molecular weight excluding hydrogens is 332 g/mol. The minimum absolute atomic E-state index is 0.00595. The van der Waals surface area contributed by atoms with Crippen LogP contribution in [-0.2, 0) is 6.54 Å². The molecule has 0 bridgehead atoms. The second kappa shape index (κ2) is 9.18. The van der Waals surface area contributed by atoms with Crippen molar-refractivity contribution in [3.63, 3.8) is 0 Å². The minimum atomic E-state index is -0.0120. The molecule has 144 valence electrons. The fourth-order valence-electron chi connectivity index (χ4n) is 3.71. The Morgan fingerprint density at radius 2 is 1.63 bits per heavy atom. The summed E-state index contributed by atoms with van der Waals surface area (Å²) in [5.74, 6) is -0.0120. The van der Waals surface area contributed by atoms with Crippen LogP contribution in [0.1, 0.15) is 71.3 Å². The first-order valence-electron chi connectivity index (χ1n) is 10.2. The van der Waals surface area contributed by atoms with E-state index in [9.17, 15) is 4.79 Å². The summed E-state index contributed by atoms with van der Waals surface area (Å²) in [6.07, 6.45) is 5.32. The highest BCUT2D eigenvalue weighted by Gasteiger charge is 2.13. The van der Waals surface area contributed by atoms with E-state index in [-0.39, 0.29) is 11.9 Å². The number of hydrogen-bond donors (Lipinski definition) is 1. The van der Waals surface area contributed by atoms with E-state index < -0.39 is 0 Å². The van der Waals surface area contributed by atoms with Gasteiger partial charge in [0.15, 0.2) is 0 Å². The van der Waals surface area contributed by atoms with E-state index in [0.717, 1.165) is 17.7 Å². The third kappa shape index (κ3) is 5.43. The van der Waals surface area contributed by atoms with Crippen LogP contribution in [-0.4, -0.2) is 23.9 Å². The highest BCUT2D eigenvalue weighted by molar-refractivity contribution is 5.94. The van der Waals surface area contributed by atoms with Crippen LogP contribution in [0.2, 0.25) is 0 Å². The van der Waals surface area contributed by atoms with Crippen LogP contribution < -0.4 is 5.32 Å². The molecule has 3 nitrogen and oxygen atoms in total. The normalized spacial score (nSPS) is 16.6. The zero-order valence-electron chi connectivity index (χ0n) is 16.9. The number of amides is 1. The molecule has 1 atom stereocenters. The fourth-order valence-corrected chi connectivity index (χ4v) is 3.71. The lowest BCUT2D eigenvalue weighted by atomic mass is 10.0. The van der Waals surface area contributed by atoms with Gasteiger partial charge in [-0.3, -0.25) is 9.69 Å². The molecule has 2 aromatic rings. The van der Waals surface area contributed by atoms with Crippen molar-refractivity contribution in [2.75, 3.05) is 13.1 Å². The molecule has 1 saturated heterocycles. The van der Waals surface area contributed by atoms with E-state index in [4.69, 9.17) is 0 Å². The number of likely N-dealkylation sites (tertiary alicyclic amines) is 1. The monoisotopic (exact) mass is 364 g/mol. The molecule has 1 amide bonds. The first-order chi connectivity index (χ1) is 13.0. The first-order valence-corrected chi connectivity index (χ1v) is 10.2. The van der Waals surface area contributed by atoms with E-state index in [1.165, 1.54) is 55.5 Å². The van der Waals surface area contributed by atoms with Crippen LogP contribution in [0.15, 0.2) is 42.5 Å². The average Bonchev–Trinajstić information content (AvgIpc) is 2.93. The number of nitrogens with one attached hydrogen (secondary N) is 1. The highest BCUT2D eigenvalue weighted by atomic mass is 16.1. The molecule has 27 heavy (non-hydrogen) atoms. The molecule has 1 N–H and O–H groups in total. The van der Waals surface area contributed by atoms with Gasteiger partial charge in [0.1, 0.15) is 0 Å². The summed E-state index contributed by atoms with van der Waals surface area (Å²) in [6.45, 7) is 9.62. The van der Waals surface area contributed by atoms with Crippen molar-refractivity contribution in [3.05, 3.63) is 70.3 Å². The molecule has 0 saturated carbocycles. The third-order valence-electron chi connectivity index (χ3n) is 5.70. The van der Waals surface area contributed by atoms with Gasteiger partial charge in [-0.05, 0) is 81.1 Å². The zero-order chi connectivity index (χ0) is 19.2. The summed E-state index contributed by atoms with van der Waals surface area (Å²) in [6, 6.07) is 14.5. The van der Waals surface area contributed by atoms with Crippen LogP contribution >= 0.6 is 0 Å². The van der Waals surface area contributed by atoms with Gasteiger partial charge in [0.25, 0.3) is 5.91 Å². The Balaban J connectivity index is 1.58. The van der Waals surface area contributed by atoms with Crippen molar-refractivity contribution >= 4 is 5.91 Å². The molecule has 0 aliphatic carbocycles. The standard InChI is InChI=1S/C24H32N2O/c1-18-8-11-23(16-19(18)2)20(3)25-24(27)22-12-9-21(10-13-22)17-26-14-6-4-5-7-15-26/h8-13,16,20H,4-7,14-15,17H2,1-3H3,(H,25,27). The Morgan fingerprint density at radius 1 is 0.963 bits per heavy atom. The number of carbonyl (C=O) groups excluding carboxylic acids is 1. The average molecular weight is 365 g/mol. The van der Waals surface area contributed by atoms with Crippen molar-refractivity contribution in [2.45, 2.75) is 59.0 Å². The van der Waals surface area contributed by atoms with Gasteiger partial charge in [-0.15, -0.1) is 0 Å². The second-order valence-electron chi connectivity index (χ2n) is 7.93. The molecule has 0 aromatic heterocycles. The van der Waals surface area contributed by atoms with Gasteiger partial charge in [0.2, 0.25) is 0 Å². The Bertz CT molecular complexity index is 758. The maximum Gasteiger partial charge on any atom is 0.251 e. The molecule has 1 unspecified atom stereocenters. The van der Waals surface area contributed by atoms with Gasteiger partial charge in [0.05, 0.1) is 6.04 Å². The lowest BCUT2D eigenvalue weighted by Crippen LogP contribution is -2.27. The fraction of sp³-hybridized carbons (Fsp3) is 0.458. The van der Waals surface area contributed by atoms with Gasteiger partial charge in [-0.25, -0.2) is 0 Å². The van der Waals surface area contributed by atoms with Crippen LogP contribution in [0, 0.1) is 13.8 Å². The van der Waals surface area contributed by atoms with Crippen LogP contribution in [0.3, 0.4) is 0 Å². The van der Waals surface area contributed by atoms with E-state index >= 15 is 0 Å². The number of hydrogen-bond acceptors (Lipinski definition) is 2. The summed E-state index contributed by atoms with van der Waals surface area (Å²) >= 11 is 0. The number of carbonyl (C=O) groups is 1. The number of benzene rings is 2. The molecule has 2 aromatic carbocycles. The van der Waals surface area contributed by atoms with E-state index in [2.05, 4.69) is 54.4 Å². The molecule has 0 radical (unpaired) electrons. The smallest absolute Gasteiger partial charge is 0.251 e. The van der Waals surface area contributed by atoms with Crippen molar-refractivity contribution < 1.29 is 4.79 Å². The van der Waals surface area contributed by atoms with Crippen molar-refractivity contribution in [3.8, 4) is 0 Å². The van der Waals surface area contributed by atoms with Crippen LogP contribution in [0.4, 0.5) is 0 Å². The van der Waals surface area contributed by atoms with Gasteiger partial charge in [-0.1, -0.05) is 43.2 Å². The zero-order valence-corrected chi connectivity index (χ0v) is 16.9. The summed E-state index contributed by atoms with van der Waals surface area (Å²) in [5.41, 5.74) is 5.69. The van der Waals surface area contributed by atoms with Gasteiger partial charge < -0.3 is 5.32 Å². The Kier molecular flexibility index (Phi) is 6.68. The maximum absolute atomic E-state index is 12.6. The Labute approximate surface area is 163 Å². The molecule has 0 spiro atoms. The Hall–Kier alpha value is -2.13. The molecule has 1 heterocycles. The molecular formula is C24H32N2O. The molecule has 3 rings (SSSR count). The van der Waals surface area contributed by atoms with E-state index in [0.29, 0.717) is 0 Å². The number of aryl methyl sites for hydroxylation is 2. The predicted molar refractivity (Wildman–Crippen MR) is 112 cm³/mol. The largest absolute Gasteiger partial charge is 0.346 e. The summed E-state index contributed by atoms with van der Waals surface area (Å²) in [4.78, 5) is 15.1. The maximum atomic E-state index is 12.6. The third-order valence-corrected chi connectivity index (χ3v) is 5.70. The number of rotatable bonds is 5. The molecule has 1 fully saturated rings. The summed E-state index contributed by atoms with van der Waals surface area (Å²) in [7, 11) is 0. The Morgan fingerprint density at radius 3 is 2.26 bits per heavy atom. The van der Waals surface area contributed by atoms with Crippen LogP contribution in [0.25, 0.3) is 0 Å². The van der Waals surface area contributed by atoms with E-state index in [1.54, 1.807) is 0 Å². The lowest BCUT2D eigenvalue weighted by molar-refractivity contribution is 0.0940. The first kappa shape index (κ1) is 19.6. The van der Waals surface area contributed by atoms with E-state index in [1.807, 2.05) is 19.1 Å². The molecule has 3 heteroatoms. The predicted octanol–water partition coefficient (Wildman–Crippen LogP) is 5.17. The van der Waals surface area contributed by atoms with Crippen molar-refractivity contribution in [1.82, 2.24) is 10.2 Å². The summed E-state index contributed by atoms with van der Waals surface area (Å²) in [5, 5.41) is 3.12. The van der Waals surface area contributed by atoms with Gasteiger partial charge in [0, 0.05) is 12.1 Å². The van der Waals surface area contributed by atoms with Crippen molar-refractivity contribution in [2.24, 2.45) is 0 Å². The lowest BCUT2D eigenvalue weighted by Gasteiger charge is -2.20. The van der Waals surface area contributed by atoms with Gasteiger partial charge >= 0.3 is 0 Å². The topological polar surface area (TPSA) is 32.3 Å².